The van der Waals surface area contributed by atoms with E-state index in [-0.39, 0.29) is 23.3 Å². The van der Waals surface area contributed by atoms with Gasteiger partial charge >= 0.3 is 0 Å². The zero-order chi connectivity index (χ0) is 26.3. The standard InChI is InChI=1S/C27H33N3O5Si/c1-25(2,3)36(5,6)34-13-11-27-14-19(31)26(4,35-27)20-21(27)24(33)30(23(20)32)18-10-9-16(15-28)22-17(18)8-7-12-29-22/h7-10,12,19-21,31H,11,13-14H2,1-6H3/t19-,20-,21+,26?,27?/m0/s1. The number of nitrogens with zero attached hydrogens (tertiary/aromatic N) is 3. The number of pyridine rings is 1. The Kier molecular flexibility index (Phi) is 5.51. The molecule has 2 aromatic rings. The number of carbonyl (C=O) groups is 2. The number of benzene rings is 1. The van der Waals surface area contributed by atoms with Crippen molar-refractivity contribution in [3.8, 4) is 6.07 Å². The molecule has 3 aliphatic rings. The van der Waals surface area contributed by atoms with Gasteiger partial charge in [0.25, 0.3) is 0 Å². The van der Waals surface area contributed by atoms with Crippen molar-refractivity contribution >= 4 is 36.7 Å². The number of nitriles is 1. The summed E-state index contributed by atoms with van der Waals surface area (Å²) in [5.74, 6) is -2.20. The molecular weight excluding hydrogens is 474 g/mol. The molecule has 8 nitrogen and oxygen atoms in total. The average Bonchev–Trinajstić information content (AvgIpc) is 3.33. The van der Waals surface area contributed by atoms with E-state index < -0.39 is 37.5 Å². The first-order valence-electron chi connectivity index (χ1n) is 12.5. The van der Waals surface area contributed by atoms with E-state index in [1.54, 1.807) is 37.4 Å². The van der Waals surface area contributed by atoms with E-state index in [0.717, 1.165) is 0 Å². The average molecular weight is 508 g/mol. The van der Waals surface area contributed by atoms with Crippen molar-refractivity contribution in [3.05, 3.63) is 36.0 Å². The minimum atomic E-state index is -2.03. The molecular formula is C27H33N3O5Si. The van der Waals surface area contributed by atoms with Crippen LogP contribution in [0.4, 0.5) is 5.69 Å². The number of aliphatic hydroxyl groups is 1. The Hall–Kier alpha value is -2.64. The number of anilines is 1. The number of aromatic nitrogens is 1. The third-order valence-electron chi connectivity index (χ3n) is 9.02. The summed E-state index contributed by atoms with van der Waals surface area (Å²) in [5, 5.41) is 21.1. The van der Waals surface area contributed by atoms with Gasteiger partial charge in [-0.2, -0.15) is 5.26 Å². The fraction of sp³-hybridized carbons (Fsp3) is 0.556. The highest BCUT2D eigenvalue weighted by Gasteiger charge is 2.77. The molecule has 0 radical (unpaired) electrons. The highest BCUT2D eigenvalue weighted by atomic mass is 28.4. The van der Waals surface area contributed by atoms with Gasteiger partial charge in [-0.05, 0) is 55.7 Å². The summed E-state index contributed by atoms with van der Waals surface area (Å²) in [6.45, 7) is 13.0. The SMILES string of the molecule is CC12OC(CCO[Si](C)(C)C(C)(C)C)(C[C@@H]1O)[C@H]1C(=O)N(c3ccc(C#N)c4ncccc34)C(=O)[C@H]12. The van der Waals surface area contributed by atoms with E-state index in [2.05, 4.69) is 44.9 Å². The summed E-state index contributed by atoms with van der Waals surface area (Å²) in [4.78, 5) is 33.4. The van der Waals surface area contributed by atoms with E-state index in [0.29, 0.717) is 35.2 Å². The second-order valence-corrected chi connectivity index (χ2v) is 16.8. The van der Waals surface area contributed by atoms with Gasteiger partial charge in [0.2, 0.25) is 11.8 Å². The Balaban J connectivity index is 1.52. The summed E-state index contributed by atoms with van der Waals surface area (Å²) in [6.07, 6.45) is 1.44. The second-order valence-electron chi connectivity index (χ2n) is 12.0. The number of hydrogen-bond acceptors (Lipinski definition) is 7. The fourth-order valence-electron chi connectivity index (χ4n) is 6.00. The number of imide groups is 1. The number of aliphatic hydroxyl groups excluding tert-OH is 1. The first-order chi connectivity index (χ1) is 16.8. The zero-order valence-electron chi connectivity index (χ0n) is 21.7. The van der Waals surface area contributed by atoms with Crippen LogP contribution in [0.2, 0.25) is 18.1 Å². The molecule has 4 heterocycles. The lowest BCUT2D eigenvalue weighted by Gasteiger charge is -2.38. The van der Waals surface area contributed by atoms with Gasteiger partial charge in [-0.1, -0.05) is 20.8 Å². The van der Waals surface area contributed by atoms with Crippen molar-refractivity contribution in [1.29, 1.82) is 5.26 Å². The number of hydrogen-bond donors (Lipinski definition) is 1. The Bertz CT molecular complexity index is 1310. The molecule has 5 atom stereocenters. The zero-order valence-corrected chi connectivity index (χ0v) is 22.7. The Morgan fingerprint density at radius 2 is 1.94 bits per heavy atom. The van der Waals surface area contributed by atoms with Crippen molar-refractivity contribution < 1.29 is 23.9 Å². The second kappa shape index (κ2) is 7.93. The van der Waals surface area contributed by atoms with Crippen LogP contribution in [0.15, 0.2) is 30.5 Å². The molecule has 3 saturated heterocycles. The van der Waals surface area contributed by atoms with Crippen LogP contribution in [-0.2, 0) is 18.8 Å². The van der Waals surface area contributed by atoms with Crippen LogP contribution < -0.4 is 4.90 Å². The van der Waals surface area contributed by atoms with E-state index in [1.165, 1.54) is 4.90 Å². The van der Waals surface area contributed by atoms with Crippen LogP contribution in [-0.4, -0.2) is 54.1 Å². The molecule has 1 aromatic carbocycles. The Labute approximate surface area is 212 Å². The van der Waals surface area contributed by atoms with Crippen molar-refractivity contribution in [2.75, 3.05) is 11.5 Å². The van der Waals surface area contributed by atoms with Crippen molar-refractivity contribution in [1.82, 2.24) is 4.98 Å². The molecule has 3 fully saturated rings. The Morgan fingerprint density at radius 3 is 2.61 bits per heavy atom. The summed E-state index contributed by atoms with van der Waals surface area (Å²) in [7, 11) is -2.03. The van der Waals surface area contributed by atoms with Gasteiger partial charge in [-0.15, -0.1) is 0 Å². The van der Waals surface area contributed by atoms with Gasteiger partial charge in [0.1, 0.15) is 11.7 Å². The van der Waals surface area contributed by atoms with Gasteiger partial charge in [-0.25, -0.2) is 4.90 Å². The molecule has 2 unspecified atom stereocenters. The molecule has 9 heteroatoms. The minimum absolute atomic E-state index is 0.0358. The summed E-state index contributed by atoms with van der Waals surface area (Å²) in [5.41, 5.74) is -0.893. The molecule has 0 aliphatic carbocycles. The maximum atomic E-state index is 14.0. The van der Waals surface area contributed by atoms with Gasteiger partial charge in [0.05, 0.1) is 40.3 Å². The van der Waals surface area contributed by atoms with Crippen LogP contribution >= 0.6 is 0 Å². The molecule has 3 aliphatic heterocycles. The van der Waals surface area contributed by atoms with E-state index in [1.807, 2.05) is 0 Å². The van der Waals surface area contributed by atoms with Crippen LogP contribution in [0, 0.1) is 23.2 Å². The van der Waals surface area contributed by atoms with Gasteiger partial charge in [-0.3, -0.25) is 14.6 Å². The largest absolute Gasteiger partial charge is 0.417 e. The predicted octanol–water partition coefficient (Wildman–Crippen LogP) is 3.92. The summed E-state index contributed by atoms with van der Waals surface area (Å²) < 4.78 is 12.8. The lowest BCUT2D eigenvalue weighted by molar-refractivity contribution is -0.134. The molecule has 2 amide bonds. The maximum absolute atomic E-state index is 14.0. The molecule has 0 saturated carbocycles. The number of rotatable bonds is 5. The smallest absolute Gasteiger partial charge is 0.240 e. The number of amides is 2. The molecule has 2 bridgehead atoms. The van der Waals surface area contributed by atoms with Gasteiger partial charge in [0, 0.05) is 24.6 Å². The molecule has 190 valence electrons. The molecule has 1 N–H and O–H groups in total. The van der Waals surface area contributed by atoms with Crippen molar-refractivity contribution in [3.63, 3.8) is 0 Å². The maximum Gasteiger partial charge on any atom is 0.240 e. The quantitative estimate of drug-likeness (QED) is 0.482. The third kappa shape index (κ3) is 3.32. The van der Waals surface area contributed by atoms with Crippen LogP contribution in [0.1, 0.15) is 46.1 Å². The third-order valence-corrected chi connectivity index (χ3v) is 13.6. The van der Waals surface area contributed by atoms with Crippen LogP contribution in [0.5, 0.6) is 0 Å². The van der Waals surface area contributed by atoms with E-state index >= 15 is 0 Å². The molecule has 1 aromatic heterocycles. The number of carbonyl (C=O) groups excluding carboxylic acids is 2. The predicted molar refractivity (Wildman–Crippen MR) is 137 cm³/mol. The highest BCUT2D eigenvalue weighted by Crippen LogP contribution is 2.62. The number of fused-ring (bicyclic) bond motifs is 6. The highest BCUT2D eigenvalue weighted by molar-refractivity contribution is 6.74. The fourth-order valence-corrected chi connectivity index (χ4v) is 7.05. The topological polar surface area (TPSA) is 113 Å². The monoisotopic (exact) mass is 507 g/mol. The first-order valence-corrected chi connectivity index (χ1v) is 15.4. The van der Waals surface area contributed by atoms with Crippen LogP contribution in [0.25, 0.3) is 10.9 Å². The molecule has 5 rings (SSSR count). The van der Waals surface area contributed by atoms with E-state index in [4.69, 9.17) is 9.16 Å². The minimum Gasteiger partial charge on any atom is -0.417 e. The lowest BCUT2D eigenvalue weighted by atomic mass is 9.66. The lowest BCUT2D eigenvalue weighted by Crippen LogP contribution is -2.50. The summed E-state index contributed by atoms with van der Waals surface area (Å²) in [6, 6.07) is 8.82. The van der Waals surface area contributed by atoms with Crippen molar-refractivity contribution in [2.45, 2.75) is 76.0 Å². The first kappa shape index (κ1) is 25.0. The molecule has 0 spiro atoms. The Morgan fingerprint density at radius 1 is 1.25 bits per heavy atom. The van der Waals surface area contributed by atoms with Crippen LogP contribution in [0.3, 0.4) is 0 Å². The van der Waals surface area contributed by atoms with Gasteiger partial charge in [0.15, 0.2) is 8.32 Å². The van der Waals surface area contributed by atoms with Gasteiger partial charge < -0.3 is 14.3 Å². The molecule has 36 heavy (non-hydrogen) atoms. The van der Waals surface area contributed by atoms with E-state index in [9.17, 15) is 20.0 Å². The number of ether oxygens (including phenoxy) is 1. The normalized spacial score (nSPS) is 31.8. The summed E-state index contributed by atoms with van der Waals surface area (Å²) >= 11 is 0. The van der Waals surface area contributed by atoms with Crippen molar-refractivity contribution in [2.24, 2.45) is 11.8 Å².